The molecule has 1 saturated heterocycles. The van der Waals surface area contributed by atoms with E-state index in [4.69, 9.17) is 10.5 Å². The predicted molar refractivity (Wildman–Crippen MR) is 70.4 cm³/mol. The second-order valence-electron chi connectivity index (χ2n) is 4.79. The molecule has 17 heavy (non-hydrogen) atoms. The SMILES string of the molecule is CCC1NCC(c2ccc(OC)cc2)CC1N. The Hall–Kier alpha value is -1.06. The highest BCUT2D eigenvalue weighted by atomic mass is 16.5. The molecule has 2 rings (SSSR count). The Balaban J connectivity index is 2.03. The van der Waals surface area contributed by atoms with Gasteiger partial charge in [-0.05, 0) is 36.5 Å². The quantitative estimate of drug-likeness (QED) is 0.839. The molecule has 1 aromatic rings. The van der Waals surface area contributed by atoms with Crippen molar-refractivity contribution in [2.24, 2.45) is 5.73 Å². The lowest BCUT2D eigenvalue weighted by Crippen LogP contribution is -2.51. The number of hydrogen-bond acceptors (Lipinski definition) is 3. The molecule has 0 saturated carbocycles. The normalized spacial score (nSPS) is 29.0. The molecule has 3 heteroatoms. The minimum absolute atomic E-state index is 0.265. The summed E-state index contributed by atoms with van der Waals surface area (Å²) in [4.78, 5) is 0. The van der Waals surface area contributed by atoms with Gasteiger partial charge in [0.25, 0.3) is 0 Å². The summed E-state index contributed by atoms with van der Waals surface area (Å²) in [5.41, 5.74) is 7.54. The number of benzene rings is 1. The van der Waals surface area contributed by atoms with Crippen molar-refractivity contribution in [2.45, 2.75) is 37.8 Å². The zero-order chi connectivity index (χ0) is 12.3. The van der Waals surface area contributed by atoms with Gasteiger partial charge in [0, 0.05) is 18.6 Å². The zero-order valence-corrected chi connectivity index (χ0v) is 10.6. The molecule has 1 aliphatic rings. The maximum absolute atomic E-state index is 6.19. The van der Waals surface area contributed by atoms with Gasteiger partial charge < -0.3 is 15.8 Å². The molecule has 1 heterocycles. The van der Waals surface area contributed by atoms with Crippen LogP contribution in [-0.4, -0.2) is 25.7 Å². The van der Waals surface area contributed by atoms with Crippen LogP contribution >= 0.6 is 0 Å². The van der Waals surface area contributed by atoms with Crippen LogP contribution in [0.5, 0.6) is 5.75 Å². The number of hydrogen-bond donors (Lipinski definition) is 2. The van der Waals surface area contributed by atoms with Gasteiger partial charge in [0.15, 0.2) is 0 Å². The third-order valence-corrected chi connectivity index (χ3v) is 3.73. The number of ether oxygens (including phenoxy) is 1. The van der Waals surface area contributed by atoms with Gasteiger partial charge in [0.1, 0.15) is 5.75 Å². The van der Waals surface area contributed by atoms with E-state index in [1.54, 1.807) is 7.11 Å². The zero-order valence-electron chi connectivity index (χ0n) is 10.6. The fourth-order valence-corrected chi connectivity index (χ4v) is 2.60. The number of methoxy groups -OCH3 is 1. The van der Waals surface area contributed by atoms with Crippen molar-refractivity contribution >= 4 is 0 Å². The first-order valence-electron chi connectivity index (χ1n) is 6.37. The maximum atomic E-state index is 6.19. The standard InChI is InChI=1S/C14H22N2O/c1-3-14-13(15)8-11(9-16-14)10-4-6-12(17-2)7-5-10/h4-7,11,13-14,16H,3,8-9,15H2,1-2H3. The first-order valence-corrected chi connectivity index (χ1v) is 6.37. The molecule has 94 valence electrons. The van der Waals surface area contributed by atoms with Gasteiger partial charge in [-0.2, -0.15) is 0 Å². The maximum Gasteiger partial charge on any atom is 0.118 e. The molecule has 0 amide bonds. The average Bonchev–Trinajstić information content (AvgIpc) is 2.39. The van der Waals surface area contributed by atoms with Crippen molar-refractivity contribution in [1.29, 1.82) is 0 Å². The molecular formula is C14H22N2O. The van der Waals surface area contributed by atoms with Crippen LogP contribution in [0.2, 0.25) is 0 Å². The van der Waals surface area contributed by atoms with Crippen LogP contribution in [-0.2, 0) is 0 Å². The number of nitrogens with one attached hydrogen (secondary N) is 1. The molecule has 3 unspecified atom stereocenters. The Morgan fingerprint density at radius 3 is 2.59 bits per heavy atom. The molecule has 0 spiro atoms. The Bertz CT molecular complexity index is 350. The van der Waals surface area contributed by atoms with Gasteiger partial charge in [-0.1, -0.05) is 19.1 Å². The third kappa shape index (κ3) is 2.79. The van der Waals surface area contributed by atoms with Crippen molar-refractivity contribution in [3.63, 3.8) is 0 Å². The minimum atomic E-state index is 0.265. The lowest BCUT2D eigenvalue weighted by Gasteiger charge is -2.35. The molecule has 0 radical (unpaired) electrons. The number of piperidine rings is 1. The largest absolute Gasteiger partial charge is 0.497 e. The summed E-state index contributed by atoms with van der Waals surface area (Å²) in [5.74, 6) is 1.44. The highest BCUT2D eigenvalue weighted by Crippen LogP contribution is 2.26. The van der Waals surface area contributed by atoms with E-state index in [0.717, 1.165) is 25.1 Å². The van der Waals surface area contributed by atoms with E-state index in [-0.39, 0.29) is 6.04 Å². The van der Waals surface area contributed by atoms with Crippen LogP contribution < -0.4 is 15.8 Å². The lowest BCUT2D eigenvalue weighted by atomic mass is 9.85. The van der Waals surface area contributed by atoms with Crippen molar-refractivity contribution in [3.8, 4) is 5.75 Å². The Morgan fingerprint density at radius 1 is 1.35 bits per heavy atom. The molecule has 3 N–H and O–H groups in total. The fraction of sp³-hybridized carbons (Fsp3) is 0.571. The molecule has 3 atom stereocenters. The Labute approximate surface area is 103 Å². The molecule has 3 nitrogen and oxygen atoms in total. The highest BCUT2D eigenvalue weighted by molar-refractivity contribution is 5.30. The van der Waals surface area contributed by atoms with Crippen molar-refractivity contribution in [2.75, 3.05) is 13.7 Å². The van der Waals surface area contributed by atoms with Gasteiger partial charge in [-0.15, -0.1) is 0 Å². The monoisotopic (exact) mass is 234 g/mol. The summed E-state index contributed by atoms with van der Waals surface area (Å²) in [5, 5.41) is 3.54. The van der Waals surface area contributed by atoms with Crippen LogP contribution in [0, 0.1) is 0 Å². The molecule has 1 aliphatic heterocycles. The van der Waals surface area contributed by atoms with Crippen LogP contribution in [0.4, 0.5) is 0 Å². The van der Waals surface area contributed by atoms with Crippen LogP contribution in [0.3, 0.4) is 0 Å². The second kappa shape index (κ2) is 5.52. The van der Waals surface area contributed by atoms with Crippen LogP contribution in [0.1, 0.15) is 31.2 Å². The van der Waals surface area contributed by atoms with E-state index < -0.39 is 0 Å². The van der Waals surface area contributed by atoms with Crippen LogP contribution in [0.15, 0.2) is 24.3 Å². The van der Waals surface area contributed by atoms with E-state index in [1.807, 2.05) is 12.1 Å². The summed E-state index contributed by atoms with van der Waals surface area (Å²) in [6, 6.07) is 9.07. The summed E-state index contributed by atoms with van der Waals surface area (Å²) >= 11 is 0. The Morgan fingerprint density at radius 2 is 2.06 bits per heavy atom. The molecule has 1 fully saturated rings. The van der Waals surface area contributed by atoms with E-state index >= 15 is 0 Å². The molecular weight excluding hydrogens is 212 g/mol. The summed E-state index contributed by atoms with van der Waals surface area (Å²) in [6.07, 6.45) is 2.17. The van der Waals surface area contributed by atoms with E-state index in [9.17, 15) is 0 Å². The minimum Gasteiger partial charge on any atom is -0.497 e. The summed E-state index contributed by atoms with van der Waals surface area (Å²) in [7, 11) is 1.69. The molecule has 0 bridgehead atoms. The second-order valence-corrected chi connectivity index (χ2v) is 4.79. The Kier molecular flexibility index (Phi) is 4.02. The van der Waals surface area contributed by atoms with Gasteiger partial charge in [-0.3, -0.25) is 0 Å². The molecule has 0 aromatic heterocycles. The fourth-order valence-electron chi connectivity index (χ4n) is 2.60. The van der Waals surface area contributed by atoms with Gasteiger partial charge >= 0.3 is 0 Å². The van der Waals surface area contributed by atoms with Crippen molar-refractivity contribution in [3.05, 3.63) is 29.8 Å². The predicted octanol–water partition coefficient (Wildman–Crippen LogP) is 1.88. The van der Waals surface area contributed by atoms with Crippen molar-refractivity contribution in [1.82, 2.24) is 5.32 Å². The van der Waals surface area contributed by atoms with Crippen molar-refractivity contribution < 1.29 is 4.74 Å². The van der Waals surface area contributed by atoms with Gasteiger partial charge in [-0.25, -0.2) is 0 Å². The first-order chi connectivity index (χ1) is 8.24. The average molecular weight is 234 g/mol. The van der Waals surface area contributed by atoms with E-state index in [2.05, 4.69) is 24.4 Å². The topological polar surface area (TPSA) is 47.3 Å². The highest BCUT2D eigenvalue weighted by Gasteiger charge is 2.26. The van der Waals surface area contributed by atoms with Crippen LogP contribution in [0.25, 0.3) is 0 Å². The smallest absolute Gasteiger partial charge is 0.118 e. The summed E-state index contributed by atoms with van der Waals surface area (Å²) < 4.78 is 5.17. The molecule has 0 aliphatic carbocycles. The molecule has 1 aromatic carbocycles. The van der Waals surface area contributed by atoms with E-state index in [1.165, 1.54) is 5.56 Å². The summed E-state index contributed by atoms with van der Waals surface area (Å²) in [6.45, 7) is 3.21. The first kappa shape index (κ1) is 12.4. The number of nitrogens with two attached hydrogens (primary N) is 1. The number of rotatable bonds is 3. The van der Waals surface area contributed by atoms with Gasteiger partial charge in [0.2, 0.25) is 0 Å². The third-order valence-electron chi connectivity index (χ3n) is 3.73. The van der Waals surface area contributed by atoms with E-state index in [0.29, 0.717) is 12.0 Å². The lowest BCUT2D eigenvalue weighted by molar-refractivity contribution is 0.314. The van der Waals surface area contributed by atoms with Gasteiger partial charge in [0.05, 0.1) is 7.11 Å².